The van der Waals surface area contributed by atoms with Crippen LogP contribution in [-0.4, -0.2) is 35.1 Å². The van der Waals surface area contributed by atoms with Gasteiger partial charge in [-0.2, -0.15) is 5.10 Å². The van der Waals surface area contributed by atoms with Gasteiger partial charge in [-0.05, 0) is 26.4 Å². The summed E-state index contributed by atoms with van der Waals surface area (Å²) in [6.45, 7) is 5.49. The maximum absolute atomic E-state index is 10.4. The molecule has 0 saturated carbocycles. The molecular formula is C11H21N3O2. The first-order chi connectivity index (χ1) is 7.53. The number of aromatic nitrogens is 2. The summed E-state index contributed by atoms with van der Waals surface area (Å²) in [5.41, 5.74) is -0.216. The molecule has 1 atom stereocenters. The molecule has 0 aliphatic heterocycles. The highest BCUT2D eigenvalue weighted by Crippen LogP contribution is 2.31. The average molecular weight is 227 g/mol. The van der Waals surface area contributed by atoms with E-state index in [0.717, 1.165) is 13.1 Å². The Morgan fingerprint density at radius 1 is 1.62 bits per heavy atom. The molecule has 0 spiro atoms. The summed E-state index contributed by atoms with van der Waals surface area (Å²) in [5.74, 6) is 0.629. The van der Waals surface area contributed by atoms with Gasteiger partial charge in [-0.3, -0.25) is 4.68 Å². The van der Waals surface area contributed by atoms with Crippen molar-refractivity contribution < 1.29 is 9.84 Å². The Kier molecular flexibility index (Phi) is 4.32. The SMILES string of the molecule is CCNCCC(C)(O)c1c(OC)cnn1C. The van der Waals surface area contributed by atoms with E-state index in [2.05, 4.69) is 10.4 Å². The normalized spacial score (nSPS) is 14.8. The first-order valence-electron chi connectivity index (χ1n) is 5.52. The predicted molar refractivity (Wildman–Crippen MR) is 62.5 cm³/mol. The lowest BCUT2D eigenvalue weighted by Gasteiger charge is -2.24. The average Bonchev–Trinajstić information content (AvgIpc) is 2.60. The molecule has 5 nitrogen and oxygen atoms in total. The molecule has 1 unspecified atom stereocenters. The molecular weight excluding hydrogens is 206 g/mol. The number of aryl methyl sites for hydroxylation is 1. The topological polar surface area (TPSA) is 59.3 Å². The maximum Gasteiger partial charge on any atom is 0.162 e. The summed E-state index contributed by atoms with van der Waals surface area (Å²) >= 11 is 0. The third-order valence-corrected chi connectivity index (χ3v) is 2.67. The smallest absolute Gasteiger partial charge is 0.162 e. The van der Waals surface area contributed by atoms with Crippen molar-refractivity contribution in [1.82, 2.24) is 15.1 Å². The summed E-state index contributed by atoms with van der Waals surface area (Å²) in [4.78, 5) is 0. The standard InChI is InChI=1S/C11H21N3O2/c1-5-12-7-6-11(2,15)10-9(16-4)8-13-14(10)3/h8,12,15H,5-7H2,1-4H3. The van der Waals surface area contributed by atoms with Crippen molar-refractivity contribution in [3.8, 4) is 5.75 Å². The van der Waals surface area contributed by atoms with E-state index in [4.69, 9.17) is 4.74 Å². The third kappa shape index (κ3) is 2.74. The molecule has 1 aromatic heterocycles. The van der Waals surface area contributed by atoms with Crippen molar-refractivity contribution in [1.29, 1.82) is 0 Å². The molecule has 0 radical (unpaired) electrons. The molecule has 5 heteroatoms. The molecule has 1 aromatic rings. The molecule has 1 heterocycles. The van der Waals surface area contributed by atoms with Gasteiger partial charge in [-0.25, -0.2) is 0 Å². The molecule has 1 rings (SSSR count). The van der Waals surface area contributed by atoms with Crippen LogP contribution in [0.1, 0.15) is 26.0 Å². The van der Waals surface area contributed by atoms with Crippen molar-refractivity contribution in [2.24, 2.45) is 7.05 Å². The molecule has 16 heavy (non-hydrogen) atoms. The van der Waals surface area contributed by atoms with E-state index < -0.39 is 5.60 Å². The van der Waals surface area contributed by atoms with Crippen LogP contribution in [0.15, 0.2) is 6.20 Å². The molecule has 92 valence electrons. The van der Waals surface area contributed by atoms with Gasteiger partial charge in [0.05, 0.1) is 13.3 Å². The lowest BCUT2D eigenvalue weighted by Crippen LogP contribution is -2.30. The zero-order chi connectivity index (χ0) is 12.2. The van der Waals surface area contributed by atoms with E-state index in [-0.39, 0.29) is 0 Å². The van der Waals surface area contributed by atoms with E-state index in [1.807, 2.05) is 6.92 Å². The van der Waals surface area contributed by atoms with Crippen LogP contribution in [0.25, 0.3) is 0 Å². The summed E-state index contributed by atoms with van der Waals surface area (Å²) in [5, 5.41) is 17.7. The van der Waals surface area contributed by atoms with Crippen molar-refractivity contribution in [2.45, 2.75) is 25.9 Å². The Bertz CT molecular complexity index is 334. The number of methoxy groups -OCH3 is 1. The van der Waals surface area contributed by atoms with Crippen LogP contribution in [0.4, 0.5) is 0 Å². The zero-order valence-electron chi connectivity index (χ0n) is 10.4. The van der Waals surface area contributed by atoms with E-state index >= 15 is 0 Å². The molecule has 0 aromatic carbocycles. The van der Waals surface area contributed by atoms with Crippen molar-refractivity contribution in [2.75, 3.05) is 20.2 Å². The van der Waals surface area contributed by atoms with Crippen LogP contribution >= 0.6 is 0 Å². The van der Waals surface area contributed by atoms with Crippen LogP contribution in [0.2, 0.25) is 0 Å². The highest BCUT2D eigenvalue weighted by atomic mass is 16.5. The molecule has 0 aliphatic carbocycles. The van der Waals surface area contributed by atoms with Gasteiger partial charge < -0.3 is 15.2 Å². The zero-order valence-corrected chi connectivity index (χ0v) is 10.4. The predicted octanol–water partition coefficient (Wildman–Crippen LogP) is 0.636. The monoisotopic (exact) mass is 227 g/mol. The molecule has 0 bridgehead atoms. The Morgan fingerprint density at radius 2 is 2.31 bits per heavy atom. The van der Waals surface area contributed by atoms with Gasteiger partial charge in [-0.1, -0.05) is 6.92 Å². The Balaban J connectivity index is 2.83. The van der Waals surface area contributed by atoms with Crippen LogP contribution in [-0.2, 0) is 12.6 Å². The maximum atomic E-state index is 10.4. The molecule has 0 aliphatic rings. The Hall–Kier alpha value is -1.07. The van der Waals surface area contributed by atoms with Gasteiger partial charge in [0, 0.05) is 7.05 Å². The van der Waals surface area contributed by atoms with Crippen molar-refractivity contribution >= 4 is 0 Å². The number of nitrogens with zero attached hydrogens (tertiary/aromatic N) is 2. The Labute approximate surface area is 96.4 Å². The minimum Gasteiger partial charge on any atom is -0.493 e. The number of nitrogens with one attached hydrogen (secondary N) is 1. The van der Waals surface area contributed by atoms with Gasteiger partial charge in [0.2, 0.25) is 0 Å². The van der Waals surface area contributed by atoms with Crippen LogP contribution in [0, 0.1) is 0 Å². The fourth-order valence-electron chi connectivity index (χ4n) is 1.81. The summed E-state index contributed by atoms with van der Waals surface area (Å²) < 4.78 is 6.85. The van der Waals surface area contributed by atoms with E-state index in [9.17, 15) is 5.11 Å². The number of hydrogen-bond donors (Lipinski definition) is 2. The number of ether oxygens (including phenoxy) is 1. The fourth-order valence-corrected chi connectivity index (χ4v) is 1.81. The van der Waals surface area contributed by atoms with Gasteiger partial charge in [-0.15, -0.1) is 0 Å². The highest BCUT2D eigenvalue weighted by molar-refractivity contribution is 5.30. The lowest BCUT2D eigenvalue weighted by molar-refractivity contribution is 0.0373. The van der Waals surface area contributed by atoms with E-state index in [1.165, 1.54) is 0 Å². The minimum atomic E-state index is -0.932. The second kappa shape index (κ2) is 5.32. The highest BCUT2D eigenvalue weighted by Gasteiger charge is 2.30. The number of rotatable bonds is 6. The van der Waals surface area contributed by atoms with Gasteiger partial charge in [0.1, 0.15) is 11.3 Å². The first-order valence-corrected chi connectivity index (χ1v) is 5.52. The van der Waals surface area contributed by atoms with Gasteiger partial charge in [0.15, 0.2) is 5.75 Å². The summed E-state index contributed by atoms with van der Waals surface area (Å²) in [7, 11) is 3.39. The largest absolute Gasteiger partial charge is 0.493 e. The van der Waals surface area contributed by atoms with Crippen molar-refractivity contribution in [3.63, 3.8) is 0 Å². The fraction of sp³-hybridized carbons (Fsp3) is 0.727. The summed E-state index contributed by atoms with van der Waals surface area (Å²) in [6, 6.07) is 0. The van der Waals surface area contributed by atoms with Crippen molar-refractivity contribution in [3.05, 3.63) is 11.9 Å². The Morgan fingerprint density at radius 3 is 2.88 bits per heavy atom. The molecule has 0 saturated heterocycles. The summed E-state index contributed by atoms with van der Waals surface area (Å²) in [6.07, 6.45) is 2.24. The van der Waals surface area contributed by atoms with Crippen LogP contribution in [0.3, 0.4) is 0 Å². The van der Waals surface area contributed by atoms with E-state index in [0.29, 0.717) is 17.9 Å². The first kappa shape index (κ1) is 13.0. The third-order valence-electron chi connectivity index (χ3n) is 2.67. The lowest BCUT2D eigenvalue weighted by atomic mass is 9.97. The molecule has 0 fully saturated rings. The quantitative estimate of drug-likeness (QED) is 0.700. The minimum absolute atomic E-state index is 0.622. The van der Waals surface area contributed by atoms with Gasteiger partial charge in [0.25, 0.3) is 0 Å². The van der Waals surface area contributed by atoms with E-state index in [1.54, 1.807) is 32.0 Å². The van der Waals surface area contributed by atoms with Crippen LogP contribution in [0.5, 0.6) is 5.75 Å². The molecule has 2 N–H and O–H groups in total. The second-order valence-electron chi connectivity index (χ2n) is 4.06. The second-order valence-corrected chi connectivity index (χ2v) is 4.06. The number of aliphatic hydroxyl groups is 1. The van der Waals surface area contributed by atoms with Gasteiger partial charge >= 0.3 is 0 Å². The number of hydrogen-bond acceptors (Lipinski definition) is 4. The molecule has 0 amide bonds. The van der Waals surface area contributed by atoms with Crippen LogP contribution < -0.4 is 10.1 Å².